The normalized spacial score (nSPS) is 11.8. The first kappa shape index (κ1) is 11.4. The highest BCUT2D eigenvalue weighted by Crippen LogP contribution is 2.06. The number of aromatic nitrogens is 2. The third-order valence-electron chi connectivity index (χ3n) is 1.41. The van der Waals surface area contributed by atoms with Gasteiger partial charge in [0.15, 0.2) is 0 Å². The maximum atomic E-state index is 11.2. The zero-order valence-corrected chi connectivity index (χ0v) is 9.03. The molecule has 0 aliphatic heterocycles. The highest BCUT2D eigenvalue weighted by Gasteiger charge is 2.02. The summed E-state index contributed by atoms with van der Waals surface area (Å²) in [4.78, 5) is 24.1. The van der Waals surface area contributed by atoms with Crippen molar-refractivity contribution in [1.29, 1.82) is 0 Å². The van der Waals surface area contributed by atoms with Crippen molar-refractivity contribution in [1.82, 2.24) is 9.55 Å². The Hall–Kier alpha value is -0.710. The van der Waals surface area contributed by atoms with Crippen LogP contribution in [0.1, 0.15) is 0 Å². The topological polar surface area (TPSA) is 54.9 Å². The fourth-order valence-electron chi connectivity index (χ4n) is 0.797. The van der Waals surface area contributed by atoms with Crippen LogP contribution >= 0.6 is 34.8 Å². The summed E-state index contributed by atoms with van der Waals surface area (Å²) in [5, 5.41) is 0.181. The van der Waals surface area contributed by atoms with Crippen LogP contribution in [0.5, 0.6) is 0 Å². The molecule has 1 rings (SSSR count). The smallest absolute Gasteiger partial charge is 0.294 e. The number of nitrogens with zero attached hydrogens (tertiary/aromatic N) is 1. The summed E-state index contributed by atoms with van der Waals surface area (Å²) in [6.07, 6.45) is 1.20. The molecule has 1 heterocycles. The van der Waals surface area contributed by atoms with Crippen LogP contribution in [0.25, 0.3) is 0 Å². The molecule has 4 nitrogen and oxygen atoms in total. The van der Waals surface area contributed by atoms with Crippen LogP contribution in [0.3, 0.4) is 0 Å². The van der Waals surface area contributed by atoms with Crippen molar-refractivity contribution < 1.29 is 0 Å². The lowest BCUT2D eigenvalue weighted by Crippen LogP contribution is -2.29. The highest BCUT2D eigenvalue weighted by atomic mass is 35.5. The molecule has 0 radical (unpaired) electrons. The highest BCUT2D eigenvalue weighted by molar-refractivity contribution is 6.36. The van der Waals surface area contributed by atoms with Crippen LogP contribution in [0, 0.1) is 0 Å². The van der Waals surface area contributed by atoms with Gasteiger partial charge in [0.2, 0.25) is 0 Å². The van der Waals surface area contributed by atoms with Crippen molar-refractivity contribution in [3.63, 3.8) is 0 Å². The summed E-state index contributed by atoms with van der Waals surface area (Å²) >= 11 is 16.4. The summed E-state index contributed by atoms with van der Waals surface area (Å²) < 4.78 is 1.14. The van der Waals surface area contributed by atoms with E-state index in [-0.39, 0.29) is 16.6 Å². The van der Waals surface area contributed by atoms with Crippen molar-refractivity contribution in [2.45, 2.75) is 6.54 Å². The maximum Gasteiger partial charge on any atom is 0.328 e. The zero-order valence-electron chi connectivity index (χ0n) is 6.76. The Labute approximate surface area is 93.7 Å². The zero-order chi connectivity index (χ0) is 10.7. The molecule has 0 unspecified atom stereocenters. The molecular formula is C7H5Cl3N2O2. The van der Waals surface area contributed by atoms with Crippen molar-refractivity contribution in [2.75, 3.05) is 0 Å². The molecule has 0 bridgehead atoms. The maximum absolute atomic E-state index is 11.2. The molecule has 7 heteroatoms. The van der Waals surface area contributed by atoms with E-state index in [4.69, 9.17) is 34.8 Å². The van der Waals surface area contributed by atoms with E-state index in [0.717, 1.165) is 10.1 Å². The second-order valence-corrected chi connectivity index (χ2v) is 3.53. The first-order valence-corrected chi connectivity index (χ1v) is 4.68. The van der Waals surface area contributed by atoms with E-state index >= 15 is 0 Å². The largest absolute Gasteiger partial charge is 0.328 e. The van der Waals surface area contributed by atoms with Gasteiger partial charge in [0.25, 0.3) is 5.56 Å². The predicted molar refractivity (Wildman–Crippen MR) is 56.1 cm³/mol. The van der Waals surface area contributed by atoms with Crippen LogP contribution in [0.4, 0.5) is 0 Å². The molecule has 1 aromatic rings. The second-order valence-electron chi connectivity index (χ2n) is 2.42. The molecule has 0 atom stereocenters. The minimum atomic E-state index is -0.626. The van der Waals surface area contributed by atoms with Gasteiger partial charge in [0.05, 0.1) is 6.54 Å². The van der Waals surface area contributed by atoms with Gasteiger partial charge in [0.1, 0.15) is 5.02 Å². The van der Waals surface area contributed by atoms with Gasteiger partial charge >= 0.3 is 5.69 Å². The Morgan fingerprint density at radius 3 is 2.79 bits per heavy atom. The monoisotopic (exact) mass is 254 g/mol. The molecule has 0 saturated carbocycles. The van der Waals surface area contributed by atoms with E-state index in [2.05, 4.69) is 0 Å². The van der Waals surface area contributed by atoms with Crippen LogP contribution in [0.2, 0.25) is 5.02 Å². The van der Waals surface area contributed by atoms with E-state index in [1.165, 1.54) is 6.20 Å². The van der Waals surface area contributed by atoms with Gasteiger partial charge in [-0.25, -0.2) is 4.79 Å². The molecule has 76 valence electrons. The van der Waals surface area contributed by atoms with Gasteiger partial charge in [0, 0.05) is 16.8 Å². The fourth-order valence-corrected chi connectivity index (χ4v) is 1.16. The first-order chi connectivity index (χ1) is 6.54. The van der Waals surface area contributed by atoms with Crippen LogP contribution in [0.15, 0.2) is 26.4 Å². The van der Waals surface area contributed by atoms with Gasteiger partial charge in [-0.3, -0.25) is 14.3 Å². The Bertz CT molecular complexity index is 475. The van der Waals surface area contributed by atoms with Crippen LogP contribution < -0.4 is 11.2 Å². The summed E-state index contributed by atoms with van der Waals surface area (Å²) in [6.45, 7) is 0.0698. The summed E-state index contributed by atoms with van der Waals surface area (Å²) in [7, 11) is 0. The third-order valence-corrected chi connectivity index (χ3v) is 2.28. The molecule has 0 aliphatic rings. The Kier molecular flexibility index (Phi) is 3.80. The number of rotatable bonds is 2. The molecule has 0 aliphatic carbocycles. The van der Waals surface area contributed by atoms with Crippen molar-refractivity contribution >= 4 is 34.8 Å². The molecule has 14 heavy (non-hydrogen) atoms. The molecule has 0 amide bonds. The van der Waals surface area contributed by atoms with E-state index in [1.807, 2.05) is 4.98 Å². The van der Waals surface area contributed by atoms with E-state index in [1.54, 1.807) is 0 Å². The van der Waals surface area contributed by atoms with E-state index in [0.29, 0.717) is 0 Å². The number of nitrogens with one attached hydrogen (secondary N) is 1. The second kappa shape index (κ2) is 4.68. The standard InChI is InChI=1S/C7H5Cl3N2O2/c8-1-4(9)2-12-3-5(10)6(13)11-7(12)14/h1,3H,2H2,(H,11,13,14). The van der Waals surface area contributed by atoms with E-state index in [9.17, 15) is 9.59 Å². The molecule has 0 fully saturated rings. The van der Waals surface area contributed by atoms with Crippen molar-refractivity contribution in [3.05, 3.63) is 42.6 Å². The number of hydrogen-bond acceptors (Lipinski definition) is 2. The summed E-state index contributed by atoms with van der Waals surface area (Å²) in [5.74, 6) is 0. The Balaban J connectivity index is 3.17. The molecule has 1 aromatic heterocycles. The first-order valence-electron chi connectivity index (χ1n) is 3.48. The van der Waals surface area contributed by atoms with Crippen molar-refractivity contribution in [2.24, 2.45) is 0 Å². The van der Waals surface area contributed by atoms with Crippen molar-refractivity contribution in [3.8, 4) is 0 Å². The predicted octanol–water partition coefficient (Wildman–Crippen LogP) is 1.51. The lowest BCUT2D eigenvalue weighted by atomic mass is 10.5. The summed E-state index contributed by atoms with van der Waals surface area (Å²) in [5.41, 5.74) is -0.0810. The number of aromatic amines is 1. The minimum absolute atomic E-state index is 0.0698. The molecule has 0 aromatic carbocycles. The molecular weight excluding hydrogens is 250 g/mol. The number of hydrogen-bond donors (Lipinski definition) is 1. The third kappa shape index (κ3) is 2.64. The van der Waals surface area contributed by atoms with Gasteiger partial charge in [-0.2, -0.15) is 0 Å². The number of H-pyrrole nitrogens is 1. The van der Waals surface area contributed by atoms with Crippen LogP contribution in [-0.2, 0) is 6.54 Å². The molecule has 1 N–H and O–H groups in total. The molecule has 0 saturated heterocycles. The summed E-state index contributed by atoms with van der Waals surface area (Å²) in [6, 6.07) is 0. The molecule has 0 spiro atoms. The van der Waals surface area contributed by atoms with Gasteiger partial charge in [-0.1, -0.05) is 34.8 Å². The Morgan fingerprint density at radius 2 is 2.21 bits per heavy atom. The van der Waals surface area contributed by atoms with Crippen LogP contribution in [-0.4, -0.2) is 9.55 Å². The van der Waals surface area contributed by atoms with Gasteiger partial charge < -0.3 is 0 Å². The average Bonchev–Trinajstić information content (AvgIpc) is 2.14. The average molecular weight is 255 g/mol. The number of allylic oxidation sites excluding steroid dienone is 1. The van der Waals surface area contributed by atoms with Gasteiger partial charge in [-0.05, 0) is 0 Å². The lowest BCUT2D eigenvalue weighted by Gasteiger charge is -2.02. The number of halogens is 3. The Morgan fingerprint density at radius 1 is 1.57 bits per heavy atom. The van der Waals surface area contributed by atoms with E-state index < -0.39 is 11.2 Å². The lowest BCUT2D eigenvalue weighted by molar-refractivity contribution is 0.729. The SMILES string of the molecule is O=c1[nH]c(=O)n(CC(Cl)=CCl)cc1Cl. The fraction of sp³-hybridized carbons (Fsp3) is 0.143. The van der Waals surface area contributed by atoms with Gasteiger partial charge in [-0.15, -0.1) is 0 Å². The minimum Gasteiger partial charge on any atom is -0.294 e. The quantitative estimate of drug-likeness (QED) is 0.871.